The molecule has 0 unspecified atom stereocenters. The smallest absolute Gasteiger partial charge is 0.305 e. The lowest BCUT2D eigenvalue weighted by Gasteiger charge is -2.06. The molecular weight excluding hydrogens is 218 g/mol. The summed E-state index contributed by atoms with van der Waals surface area (Å²) < 4.78 is 1.44. The van der Waals surface area contributed by atoms with Gasteiger partial charge in [0, 0.05) is 18.1 Å². The minimum absolute atomic E-state index is 0.0444. The number of carbonyl (C=O) groups is 1. The van der Waals surface area contributed by atoms with Crippen LogP contribution in [0.3, 0.4) is 0 Å². The molecule has 2 rings (SSSR count). The van der Waals surface area contributed by atoms with Crippen LogP contribution in [0.15, 0.2) is 35.3 Å². The summed E-state index contributed by atoms with van der Waals surface area (Å²) >= 11 is 0. The van der Waals surface area contributed by atoms with Crippen LogP contribution in [-0.4, -0.2) is 15.6 Å². The molecule has 4 nitrogen and oxygen atoms in total. The second-order valence-corrected chi connectivity index (χ2v) is 4.05. The molecule has 0 bridgehead atoms. The molecule has 0 aliphatic rings. The van der Waals surface area contributed by atoms with Crippen LogP contribution in [0.5, 0.6) is 0 Å². The largest absolute Gasteiger partial charge is 0.481 e. The van der Waals surface area contributed by atoms with Crippen molar-refractivity contribution in [3.8, 4) is 0 Å². The third-order valence-electron chi connectivity index (χ3n) is 2.70. The van der Waals surface area contributed by atoms with Crippen LogP contribution >= 0.6 is 0 Å². The average molecular weight is 231 g/mol. The van der Waals surface area contributed by atoms with Gasteiger partial charge in [-0.2, -0.15) is 0 Å². The molecule has 0 fully saturated rings. The molecule has 0 spiro atoms. The predicted molar refractivity (Wildman–Crippen MR) is 65.2 cm³/mol. The van der Waals surface area contributed by atoms with Crippen LogP contribution in [0.4, 0.5) is 0 Å². The quantitative estimate of drug-likeness (QED) is 0.876. The summed E-state index contributed by atoms with van der Waals surface area (Å²) in [7, 11) is 0. The second kappa shape index (κ2) is 4.41. The molecule has 88 valence electrons. The van der Waals surface area contributed by atoms with E-state index in [1.54, 1.807) is 12.3 Å². The fourth-order valence-corrected chi connectivity index (χ4v) is 1.80. The molecular formula is C13H13NO3. The van der Waals surface area contributed by atoms with E-state index < -0.39 is 5.97 Å². The SMILES string of the molecule is Cc1ccc2c(=O)n(CCC(=O)O)ccc2c1. The topological polar surface area (TPSA) is 59.3 Å². The summed E-state index contributed by atoms with van der Waals surface area (Å²) in [6.07, 6.45) is 1.60. The molecule has 1 N–H and O–H groups in total. The van der Waals surface area contributed by atoms with Gasteiger partial charge in [0.05, 0.1) is 6.42 Å². The van der Waals surface area contributed by atoms with Gasteiger partial charge in [0.25, 0.3) is 5.56 Å². The molecule has 0 aliphatic carbocycles. The number of pyridine rings is 1. The maximum Gasteiger partial charge on any atom is 0.305 e. The molecule has 17 heavy (non-hydrogen) atoms. The van der Waals surface area contributed by atoms with E-state index in [1.165, 1.54) is 4.57 Å². The van der Waals surface area contributed by atoms with Crippen LogP contribution in [-0.2, 0) is 11.3 Å². The summed E-state index contributed by atoms with van der Waals surface area (Å²) in [4.78, 5) is 22.5. The summed E-state index contributed by atoms with van der Waals surface area (Å²) in [6.45, 7) is 2.17. The van der Waals surface area contributed by atoms with E-state index >= 15 is 0 Å². The van der Waals surface area contributed by atoms with Crippen molar-refractivity contribution in [1.82, 2.24) is 4.57 Å². The monoisotopic (exact) mass is 231 g/mol. The first-order valence-electron chi connectivity index (χ1n) is 5.39. The second-order valence-electron chi connectivity index (χ2n) is 4.05. The Hall–Kier alpha value is -2.10. The number of carboxylic acids is 1. The Kier molecular flexibility index (Phi) is 2.95. The lowest BCUT2D eigenvalue weighted by Crippen LogP contribution is -2.20. The molecule has 0 aliphatic heterocycles. The van der Waals surface area contributed by atoms with Crippen LogP contribution in [0, 0.1) is 6.92 Å². The van der Waals surface area contributed by atoms with E-state index in [0.717, 1.165) is 10.9 Å². The highest BCUT2D eigenvalue weighted by Gasteiger charge is 2.04. The van der Waals surface area contributed by atoms with Gasteiger partial charge in [0.1, 0.15) is 0 Å². The Morgan fingerprint density at radius 3 is 2.82 bits per heavy atom. The fourth-order valence-electron chi connectivity index (χ4n) is 1.80. The molecule has 1 heterocycles. The number of nitrogens with zero attached hydrogens (tertiary/aromatic N) is 1. The summed E-state index contributed by atoms with van der Waals surface area (Å²) in [6, 6.07) is 7.44. The van der Waals surface area contributed by atoms with Crippen molar-refractivity contribution in [1.29, 1.82) is 0 Å². The van der Waals surface area contributed by atoms with Gasteiger partial charge in [-0.25, -0.2) is 0 Å². The van der Waals surface area contributed by atoms with Crippen molar-refractivity contribution in [2.45, 2.75) is 19.9 Å². The van der Waals surface area contributed by atoms with Crippen LogP contribution in [0.2, 0.25) is 0 Å². The van der Waals surface area contributed by atoms with Crippen molar-refractivity contribution in [2.24, 2.45) is 0 Å². The number of aryl methyl sites for hydroxylation is 2. The molecule has 0 saturated carbocycles. The van der Waals surface area contributed by atoms with Crippen molar-refractivity contribution in [3.05, 3.63) is 46.4 Å². The Bertz CT molecular complexity index is 628. The number of aromatic nitrogens is 1. The van der Waals surface area contributed by atoms with Crippen molar-refractivity contribution < 1.29 is 9.90 Å². The Morgan fingerprint density at radius 1 is 1.35 bits per heavy atom. The Morgan fingerprint density at radius 2 is 2.12 bits per heavy atom. The highest BCUT2D eigenvalue weighted by molar-refractivity contribution is 5.82. The minimum Gasteiger partial charge on any atom is -0.481 e. The van der Waals surface area contributed by atoms with Gasteiger partial charge in [0.15, 0.2) is 0 Å². The van der Waals surface area contributed by atoms with Crippen molar-refractivity contribution >= 4 is 16.7 Å². The summed E-state index contributed by atoms with van der Waals surface area (Å²) in [5.41, 5.74) is 0.962. The number of hydrogen-bond donors (Lipinski definition) is 1. The Balaban J connectivity index is 2.47. The number of benzene rings is 1. The summed E-state index contributed by atoms with van der Waals surface area (Å²) in [5, 5.41) is 10.1. The number of rotatable bonds is 3. The van der Waals surface area contributed by atoms with Gasteiger partial charge in [-0.3, -0.25) is 9.59 Å². The third kappa shape index (κ3) is 2.36. The molecule has 0 saturated heterocycles. The van der Waals surface area contributed by atoms with Gasteiger partial charge < -0.3 is 9.67 Å². The van der Waals surface area contributed by atoms with Gasteiger partial charge in [-0.15, -0.1) is 0 Å². The van der Waals surface area contributed by atoms with Crippen LogP contribution < -0.4 is 5.56 Å². The molecule has 0 atom stereocenters. The highest BCUT2D eigenvalue weighted by atomic mass is 16.4. The molecule has 2 aromatic rings. The molecule has 0 radical (unpaired) electrons. The third-order valence-corrected chi connectivity index (χ3v) is 2.70. The molecule has 1 aromatic carbocycles. The number of fused-ring (bicyclic) bond motifs is 1. The molecule has 4 heteroatoms. The molecule has 0 amide bonds. The first kappa shape index (κ1) is 11.4. The maximum atomic E-state index is 12.0. The van der Waals surface area contributed by atoms with Crippen LogP contribution in [0.1, 0.15) is 12.0 Å². The number of aliphatic carboxylic acids is 1. The normalized spacial score (nSPS) is 10.6. The van der Waals surface area contributed by atoms with E-state index in [-0.39, 0.29) is 18.5 Å². The zero-order valence-corrected chi connectivity index (χ0v) is 9.51. The summed E-state index contributed by atoms with van der Waals surface area (Å²) in [5.74, 6) is -0.902. The standard InChI is InChI=1S/C13H13NO3/c1-9-2-3-11-10(8-9)4-6-14(13(11)17)7-5-12(15)16/h2-4,6,8H,5,7H2,1H3,(H,15,16). The predicted octanol–water partition coefficient (Wildman–Crippen LogP) is 1.78. The van der Waals surface area contributed by atoms with Crippen molar-refractivity contribution in [3.63, 3.8) is 0 Å². The van der Waals surface area contributed by atoms with Gasteiger partial charge in [0.2, 0.25) is 0 Å². The highest BCUT2D eigenvalue weighted by Crippen LogP contribution is 2.11. The van der Waals surface area contributed by atoms with E-state index in [4.69, 9.17) is 5.11 Å². The first-order chi connectivity index (χ1) is 8.08. The lowest BCUT2D eigenvalue weighted by molar-refractivity contribution is -0.137. The maximum absolute atomic E-state index is 12.0. The van der Waals surface area contributed by atoms with E-state index in [0.29, 0.717) is 5.39 Å². The Labute approximate surface area is 98.1 Å². The average Bonchev–Trinajstić information content (AvgIpc) is 2.27. The van der Waals surface area contributed by atoms with E-state index in [1.807, 2.05) is 25.1 Å². The molecule has 1 aromatic heterocycles. The van der Waals surface area contributed by atoms with Gasteiger partial charge in [-0.05, 0) is 24.4 Å². The first-order valence-corrected chi connectivity index (χ1v) is 5.39. The van der Waals surface area contributed by atoms with Crippen LogP contribution in [0.25, 0.3) is 10.8 Å². The van der Waals surface area contributed by atoms with E-state index in [9.17, 15) is 9.59 Å². The number of hydrogen-bond acceptors (Lipinski definition) is 2. The van der Waals surface area contributed by atoms with Crippen molar-refractivity contribution in [2.75, 3.05) is 0 Å². The zero-order valence-electron chi connectivity index (χ0n) is 9.51. The zero-order chi connectivity index (χ0) is 12.4. The number of carboxylic acid groups (broad SMARTS) is 1. The van der Waals surface area contributed by atoms with Gasteiger partial charge >= 0.3 is 5.97 Å². The fraction of sp³-hybridized carbons (Fsp3) is 0.231. The van der Waals surface area contributed by atoms with E-state index in [2.05, 4.69) is 0 Å². The lowest BCUT2D eigenvalue weighted by atomic mass is 10.1. The van der Waals surface area contributed by atoms with Gasteiger partial charge in [-0.1, -0.05) is 17.7 Å². The minimum atomic E-state index is -0.902.